The third kappa shape index (κ3) is 3.88. The Labute approximate surface area is 118 Å². The molecule has 0 aliphatic rings. The van der Waals surface area contributed by atoms with Gasteiger partial charge in [0, 0.05) is 18.2 Å². The Balaban J connectivity index is 1.75. The summed E-state index contributed by atoms with van der Waals surface area (Å²) < 4.78 is 24.5. The molecular weight excluding hydrogens is 257 g/mol. The van der Waals surface area contributed by atoms with Crippen LogP contribution in [-0.2, 0) is 0 Å². The van der Waals surface area contributed by atoms with E-state index in [9.17, 15) is 4.39 Å². The van der Waals surface area contributed by atoms with Gasteiger partial charge in [0.1, 0.15) is 5.75 Å². The van der Waals surface area contributed by atoms with Crippen molar-refractivity contribution in [3.8, 4) is 11.5 Å². The second-order valence-corrected chi connectivity index (χ2v) is 4.50. The molecule has 0 saturated heterocycles. The highest BCUT2D eigenvalue weighted by molar-refractivity contribution is 5.50. The van der Waals surface area contributed by atoms with Crippen LogP contribution in [0.3, 0.4) is 0 Å². The highest BCUT2D eigenvalue weighted by atomic mass is 19.1. The first-order chi connectivity index (χ1) is 9.66. The van der Waals surface area contributed by atoms with E-state index in [1.54, 1.807) is 6.07 Å². The van der Waals surface area contributed by atoms with Crippen LogP contribution < -0.4 is 15.2 Å². The van der Waals surface area contributed by atoms with Crippen molar-refractivity contribution in [1.82, 2.24) is 0 Å². The number of para-hydroxylation sites is 1. The van der Waals surface area contributed by atoms with Gasteiger partial charge < -0.3 is 15.2 Å². The summed E-state index contributed by atoms with van der Waals surface area (Å²) in [7, 11) is 0. The van der Waals surface area contributed by atoms with Crippen molar-refractivity contribution in [2.24, 2.45) is 0 Å². The van der Waals surface area contributed by atoms with Gasteiger partial charge in [-0.2, -0.15) is 0 Å². The van der Waals surface area contributed by atoms with Crippen LogP contribution in [0.5, 0.6) is 11.5 Å². The zero-order chi connectivity index (χ0) is 14.4. The maximum Gasteiger partial charge on any atom is 0.167 e. The topological polar surface area (TPSA) is 44.5 Å². The van der Waals surface area contributed by atoms with Gasteiger partial charge in [0.25, 0.3) is 0 Å². The lowest BCUT2D eigenvalue weighted by Crippen LogP contribution is -2.06. The van der Waals surface area contributed by atoms with E-state index in [4.69, 9.17) is 15.2 Å². The molecule has 0 aliphatic heterocycles. The SMILES string of the molecule is Cc1cc(OCCCOc2ccccc2)c(F)cc1N. The van der Waals surface area contributed by atoms with Gasteiger partial charge in [-0.1, -0.05) is 18.2 Å². The van der Waals surface area contributed by atoms with Crippen molar-refractivity contribution >= 4 is 5.69 Å². The number of anilines is 1. The van der Waals surface area contributed by atoms with Crippen molar-refractivity contribution in [2.45, 2.75) is 13.3 Å². The molecular formula is C16H18FNO2. The van der Waals surface area contributed by atoms with Gasteiger partial charge in [-0.15, -0.1) is 0 Å². The van der Waals surface area contributed by atoms with E-state index in [1.807, 2.05) is 37.3 Å². The second kappa shape index (κ2) is 6.80. The molecule has 0 spiro atoms. The molecule has 0 fully saturated rings. The third-order valence-corrected chi connectivity index (χ3v) is 2.88. The van der Waals surface area contributed by atoms with Crippen LogP contribution in [0, 0.1) is 12.7 Å². The number of halogens is 1. The molecule has 106 valence electrons. The maximum absolute atomic E-state index is 13.6. The smallest absolute Gasteiger partial charge is 0.167 e. The summed E-state index contributed by atoms with van der Waals surface area (Å²) in [6.07, 6.45) is 0.678. The lowest BCUT2D eigenvalue weighted by molar-refractivity contribution is 0.241. The summed E-state index contributed by atoms with van der Waals surface area (Å²) in [4.78, 5) is 0. The van der Waals surface area contributed by atoms with Crippen LogP contribution in [0.25, 0.3) is 0 Å². The van der Waals surface area contributed by atoms with Crippen LogP contribution in [0.2, 0.25) is 0 Å². The third-order valence-electron chi connectivity index (χ3n) is 2.88. The van der Waals surface area contributed by atoms with Gasteiger partial charge in [-0.3, -0.25) is 0 Å². The average molecular weight is 275 g/mol. The van der Waals surface area contributed by atoms with Crippen molar-refractivity contribution in [3.63, 3.8) is 0 Å². The molecule has 0 unspecified atom stereocenters. The maximum atomic E-state index is 13.6. The molecule has 2 aromatic carbocycles. The average Bonchev–Trinajstić information content (AvgIpc) is 2.45. The first kappa shape index (κ1) is 14.2. The summed E-state index contributed by atoms with van der Waals surface area (Å²) in [5.41, 5.74) is 6.85. The molecule has 0 aliphatic carbocycles. The highest BCUT2D eigenvalue weighted by Crippen LogP contribution is 2.23. The van der Waals surface area contributed by atoms with E-state index >= 15 is 0 Å². The van der Waals surface area contributed by atoms with Crippen molar-refractivity contribution in [2.75, 3.05) is 18.9 Å². The molecule has 0 amide bonds. The Bertz CT molecular complexity index is 558. The van der Waals surface area contributed by atoms with Gasteiger partial charge in [-0.25, -0.2) is 4.39 Å². The predicted molar refractivity (Wildman–Crippen MR) is 77.6 cm³/mol. The highest BCUT2D eigenvalue weighted by Gasteiger charge is 2.06. The zero-order valence-corrected chi connectivity index (χ0v) is 11.4. The van der Waals surface area contributed by atoms with Crippen molar-refractivity contribution in [3.05, 3.63) is 53.8 Å². The van der Waals surface area contributed by atoms with Gasteiger partial charge in [0.05, 0.1) is 13.2 Å². The molecule has 3 nitrogen and oxygen atoms in total. The minimum atomic E-state index is -0.433. The normalized spacial score (nSPS) is 10.3. The second-order valence-electron chi connectivity index (χ2n) is 4.50. The number of aryl methyl sites for hydroxylation is 1. The molecule has 0 saturated carbocycles. The van der Waals surface area contributed by atoms with E-state index < -0.39 is 5.82 Å². The molecule has 0 bridgehead atoms. The Morgan fingerprint density at radius 2 is 1.75 bits per heavy atom. The molecule has 2 rings (SSSR count). The number of nitrogen functional groups attached to an aromatic ring is 1. The van der Waals surface area contributed by atoms with Crippen molar-refractivity contribution < 1.29 is 13.9 Å². The Morgan fingerprint density at radius 3 is 2.50 bits per heavy atom. The molecule has 0 atom stereocenters. The Kier molecular flexibility index (Phi) is 4.82. The van der Waals surface area contributed by atoms with Gasteiger partial charge >= 0.3 is 0 Å². The van der Waals surface area contributed by atoms with Crippen LogP contribution in [0.15, 0.2) is 42.5 Å². The first-order valence-corrected chi connectivity index (χ1v) is 6.53. The Hall–Kier alpha value is -2.23. The molecule has 4 heteroatoms. The van der Waals surface area contributed by atoms with Gasteiger partial charge in [-0.05, 0) is 30.7 Å². The van der Waals surface area contributed by atoms with Crippen LogP contribution >= 0.6 is 0 Å². The molecule has 0 aromatic heterocycles. The molecule has 0 radical (unpaired) electrons. The van der Waals surface area contributed by atoms with Gasteiger partial charge in [0.15, 0.2) is 11.6 Å². The number of hydrogen-bond acceptors (Lipinski definition) is 3. The van der Waals surface area contributed by atoms with Crippen LogP contribution in [0.4, 0.5) is 10.1 Å². The van der Waals surface area contributed by atoms with E-state index in [1.165, 1.54) is 6.07 Å². The van der Waals surface area contributed by atoms with E-state index in [0.29, 0.717) is 25.3 Å². The van der Waals surface area contributed by atoms with E-state index in [0.717, 1.165) is 11.3 Å². The quantitative estimate of drug-likeness (QED) is 0.647. The summed E-state index contributed by atoms with van der Waals surface area (Å²) in [5, 5.41) is 0. The summed E-state index contributed by atoms with van der Waals surface area (Å²) >= 11 is 0. The van der Waals surface area contributed by atoms with Crippen molar-refractivity contribution in [1.29, 1.82) is 0 Å². The molecule has 2 N–H and O–H groups in total. The summed E-state index contributed by atoms with van der Waals surface area (Å²) in [5.74, 6) is 0.621. The minimum absolute atomic E-state index is 0.233. The molecule has 2 aromatic rings. The fourth-order valence-electron chi connectivity index (χ4n) is 1.73. The lowest BCUT2D eigenvalue weighted by Gasteiger charge is -2.10. The fraction of sp³-hybridized carbons (Fsp3) is 0.250. The zero-order valence-electron chi connectivity index (χ0n) is 11.4. The number of nitrogens with two attached hydrogens (primary N) is 1. The number of ether oxygens (including phenoxy) is 2. The number of rotatable bonds is 6. The largest absolute Gasteiger partial charge is 0.493 e. The summed E-state index contributed by atoms with van der Waals surface area (Å²) in [6, 6.07) is 12.4. The standard InChI is InChI=1S/C16H18FNO2/c1-12-10-16(14(17)11-15(12)18)20-9-5-8-19-13-6-3-2-4-7-13/h2-4,6-7,10-11H,5,8-9,18H2,1H3. The summed E-state index contributed by atoms with van der Waals surface area (Å²) in [6.45, 7) is 2.74. The van der Waals surface area contributed by atoms with E-state index in [-0.39, 0.29) is 5.75 Å². The number of hydrogen-bond donors (Lipinski definition) is 1. The molecule has 0 heterocycles. The minimum Gasteiger partial charge on any atom is -0.493 e. The monoisotopic (exact) mass is 275 g/mol. The van der Waals surface area contributed by atoms with Crippen LogP contribution in [0.1, 0.15) is 12.0 Å². The molecule has 20 heavy (non-hydrogen) atoms. The lowest BCUT2D eigenvalue weighted by atomic mass is 10.2. The number of benzene rings is 2. The predicted octanol–water partition coefficient (Wildman–Crippen LogP) is 3.56. The first-order valence-electron chi connectivity index (χ1n) is 6.53. The van der Waals surface area contributed by atoms with E-state index in [2.05, 4.69) is 0 Å². The van der Waals surface area contributed by atoms with Crippen LogP contribution in [-0.4, -0.2) is 13.2 Å². The Morgan fingerprint density at radius 1 is 1.05 bits per heavy atom. The van der Waals surface area contributed by atoms with Gasteiger partial charge in [0.2, 0.25) is 0 Å². The fourth-order valence-corrected chi connectivity index (χ4v) is 1.73.